The lowest BCUT2D eigenvalue weighted by Gasteiger charge is -2.34. The van der Waals surface area contributed by atoms with Crippen molar-refractivity contribution >= 4 is 11.8 Å². The van der Waals surface area contributed by atoms with E-state index in [0.717, 1.165) is 0 Å². The molecule has 3 rings (SSSR count). The molecule has 1 fully saturated rings. The normalized spacial score (nSPS) is 20.5. The average Bonchev–Trinajstić information content (AvgIpc) is 3.32. The number of β-amino-alcohol motifs (C(OH)–C–C–N with tert-alkyl or cyclic N) is 1. The summed E-state index contributed by atoms with van der Waals surface area (Å²) in [5.41, 5.74) is 1.32. The van der Waals surface area contributed by atoms with Gasteiger partial charge in [-0.25, -0.2) is 4.39 Å². The first kappa shape index (κ1) is 24.9. The molecular weight excluding hydrogens is 425 g/mol. The molecule has 8 nitrogen and oxygen atoms in total. The zero-order valence-corrected chi connectivity index (χ0v) is 20.1. The minimum Gasteiger partial charge on any atom is -0.391 e. The van der Waals surface area contributed by atoms with Crippen LogP contribution >= 0.6 is 0 Å². The van der Waals surface area contributed by atoms with Crippen molar-refractivity contribution in [2.24, 2.45) is 12.5 Å². The molecule has 2 aromatic rings. The van der Waals surface area contributed by atoms with Crippen molar-refractivity contribution in [1.29, 1.82) is 0 Å². The summed E-state index contributed by atoms with van der Waals surface area (Å²) in [6, 6.07) is 4.80. The van der Waals surface area contributed by atoms with Gasteiger partial charge in [-0.3, -0.25) is 14.3 Å². The Balaban J connectivity index is 1.75. The summed E-state index contributed by atoms with van der Waals surface area (Å²) in [5.74, 6) is -0.999. The monoisotopic (exact) mass is 459 g/mol. The van der Waals surface area contributed by atoms with Crippen molar-refractivity contribution in [2.45, 2.75) is 58.3 Å². The summed E-state index contributed by atoms with van der Waals surface area (Å²) in [4.78, 5) is 27.7. The number of rotatable bonds is 6. The number of hydrogen-bond acceptors (Lipinski definition) is 5. The van der Waals surface area contributed by atoms with Crippen LogP contribution in [0.25, 0.3) is 11.3 Å². The van der Waals surface area contributed by atoms with Gasteiger partial charge in [-0.15, -0.1) is 0 Å². The van der Waals surface area contributed by atoms with Crippen LogP contribution in [0.2, 0.25) is 0 Å². The molecule has 1 aliphatic heterocycles. The molecule has 33 heavy (non-hydrogen) atoms. The van der Waals surface area contributed by atoms with E-state index in [1.165, 1.54) is 11.0 Å². The van der Waals surface area contributed by atoms with Crippen LogP contribution in [0.4, 0.5) is 4.39 Å². The molecule has 1 aromatic heterocycles. The fourth-order valence-electron chi connectivity index (χ4n) is 4.44. The maximum absolute atomic E-state index is 14.8. The van der Waals surface area contributed by atoms with E-state index in [0.29, 0.717) is 16.8 Å². The summed E-state index contributed by atoms with van der Waals surface area (Å²) in [5, 5.41) is 20.2. The van der Waals surface area contributed by atoms with Crippen LogP contribution in [-0.2, 0) is 16.6 Å². The minimum atomic E-state index is -0.785. The fraction of sp³-hybridized carbons (Fsp3) is 0.542. The topological polar surface area (TPSA) is 99.5 Å². The number of halogens is 1. The molecule has 0 radical (unpaired) electrons. The van der Waals surface area contributed by atoms with Crippen LogP contribution in [0.1, 0.15) is 45.7 Å². The van der Waals surface area contributed by atoms with Crippen LogP contribution in [0.3, 0.4) is 0 Å². The van der Waals surface area contributed by atoms with Gasteiger partial charge in [-0.1, -0.05) is 26.8 Å². The Morgan fingerprint density at radius 3 is 2.52 bits per heavy atom. The molecule has 0 aliphatic carbocycles. The highest BCUT2D eigenvalue weighted by Crippen LogP contribution is 2.28. The van der Waals surface area contributed by atoms with Crippen molar-refractivity contribution < 1.29 is 19.1 Å². The predicted octanol–water partition coefficient (Wildman–Crippen LogP) is 2.00. The van der Waals surface area contributed by atoms with Gasteiger partial charge in [-0.05, 0) is 43.1 Å². The number of nitrogens with one attached hydrogen (secondary N) is 2. The second-order valence-electron chi connectivity index (χ2n) is 9.79. The highest BCUT2D eigenvalue weighted by molar-refractivity contribution is 5.91. The predicted molar refractivity (Wildman–Crippen MR) is 124 cm³/mol. The molecule has 3 N–H and O–H groups in total. The first-order chi connectivity index (χ1) is 15.4. The zero-order chi connectivity index (χ0) is 24.5. The lowest BCUT2D eigenvalue weighted by atomic mass is 9.86. The van der Waals surface area contributed by atoms with Crippen molar-refractivity contribution in [3.05, 3.63) is 41.8 Å². The Hall–Kier alpha value is -2.78. The van der Waals surface area contributed by atoms with Crippen LogP contribution in [0, 0.1) is 11.2 Å². The third kappa shape index (κ3) is 5.25. The number of aliphatic hydroxyl groups is 1. The lowest BCUT2D eigenvalue weighted by molar-refractivity contribution is -0.142. The van der Waals surface area contributed by atoms with Gasteiger partial charge >= 0.3 is 0 Å². The molecule has 1 saturated heterocycles. The number of nitrogens with zero attached hydrogens (tertiary/aromatic N) is 3. The zero-order valence-electron chi connectivity index (χ0n) is 20.1. The highest BCUT2D eigenvalue weighted by Gasteiger charge is 2.43. The molecule has 2 amide bonds. The van der Waals surface area contributed by atoms with Crippen LogP contribution in [0.15, 0.2) is 30.5 Å². The number of hydrogen-bond donors (Lipinski definition) is 3. The van der Waals surface area contributed by atoms with E-state index in [9.17, 15) is 19.1 Å². The molecule has 0 spiro atoms. The van der Waals surface area contributed by atoms with E-state index in [4.69, 9.17) is 0 Å². The summed E-state index contributed by atoms with van der Waals surface area (Å²) in [6.07, 6.45) is 0.999. The maximum Gasteiger partial charge on any atom is 0.243 e. The Morgan fingerprint density at radius 2 is 1.97 bits per heavy atom. The number of carbonyl (C=O) groups is 2. The van der Waals surface area contributed by atoms with E-state index in [-0.39, 0.29) is 30.2 Å². The second-order valence-corrected chi connectivity index (χ2v) is 9.79. The molecule has 1 aliphatic rings. The first-order valence-corrected chi connectivity index (χ1v) is 11.2. The minimum absolute atomic E-state index is 0.105. The molecule has 0 bridgehead atoms. The Labute approximate surface area is 194 Å². The summed E-state index contributed by atoms with van der Waals surface area (Å²) >= 11 is 0. The number of aryl methyl sites for hydroxylation is 1. The standard InChI is InChI=1S/C24H34FN5O3/c1-14(15-7-8-17(18(25)11-15)19-9-10-27-29(19)6)28-22(32)20-12-16(31)13-30(20)23(33)21(26-5)24(2,3)4/h7-11,14,16,20-21,26,31H,12-13H2,1-6H3,(H,28,32)/t14-,16+,20-,21?/m0/s1. The molecule has 2 heterocycles. The smallest absolute Gasteiger partial charge is 0.243 e. The van der Waals surface area contributed by atoms with E-state index < -0.39 is 30.0 Å². The molecule has 1 aromatic carbocycles. The largest absolute Gasteiger partial charge is 0.391 e. The fourth-order valence-corrected chi connectivity index (χ4v) is 4.44. The van der Waals surface area contributed by atoms with E-state index in [2.05, 4.69) is 15.7 Å². The Morgan fingerprint density at radius 1 is 1.27 bits per heavy atom. The Kier molecular flexibility index (Phi) is 7.23. The summed E-state index contributed by atoms with van der Waals surface area (Å²) < 4.78 is 16.4. The van der Waals surface area contributed by atoms with Crippen LogP contribution < -0.4 is 10.6 Å². The number of benzene rings is 1. The van der Waals surface area contributed by atoms with Gasteiger partial charge in [0.25, 0.3) is 0 Å². The number of aliphatic hydroxyl groups excluding tert-OH is 1. The van der Waals surface area contributed by atoms with Gasteiger partial charge in [-0.2, -0.15) is 5.10 Å². The molecular formula is C24H34FN5O3. The lowest BCUT2D eigenvalue weighted by Crippen LogP contribution is -2.56. The number of likely N-dealkylation sites (tertiary alicyclic amines) is 1. The number of carbonyl (C=O) groups excluding carboxylic acids is 2. The van der Waals surface area contributed by atoms with E-state index >= 15 is 0 Å². The van der Waals surface area contributed by atoms with E-state index in [1.54, 1.807) is 50.1 Å². The molecule has 0 saturated carbocycles. The van der Waals surface area contributed by atoms with E-state index in [1.807, 2.05) is 20.8 Å². The van der Waals surface area contributed by atoms with Gasteiger partial charge in [0.15, 0.2) is 0 Å². The van der Waals surface area contributed by atoms with Crippen molar-refractivity contribution in [3.8, 4) is 11.3 Å². The summed E-state index contributed by atoms with van der Waals surface area (Å²) in [6.45, 7) is 7.70. The van der Waals surface area contributed by atoms with Gasteiger partial charge in [0.2, 0.25) is 11.8 Å². The first-order valence-electron chi connectivity index (χ1n) is 11.2. The van der Waals surface area contributed by atoms with Crippen molar-refractivity contribution in [2.75, 3.05) is 13.6 Å². The molecule has 4 atom stereocenters. The number of aromatic nitrogens is 2. The molecule has 180 valence electrons. The van der Waals surface area contributed by atoms with Gasteiger partial charge in [0.05, 0.1) is 23.9 Å². The number of amides is 2. The Bertz CT molecular complexity index is 1020. The van der Waals surface area contributed by atoms with Crippen LogP contribution in [0.5, 0.6) is 0 Å². The summed E-state index contributed by atoms with van der Waals surface area (Å²) in [7, 11) is 3.45. The van der Waals surface area contributed by atoms with Crippen LogP contribution in [-0.4, -0.2) is 63.4 Å². The molecule has 9 heteroatoms. The second kappa shape index (κ2) is 9.61. The SMILES string of the molecule is CNC(C(=O)N1C[C@H](O)C[C@H]1C(=O)N[C@@H](C)c1ccc(-c2ccnn2C)c(F)c1)C(C)(C)C. The van der Waals surface area contributed by atoms with Crippen molar-refractivity contribution in [1.82, 2.24) is 25.3 Å². The maximum atomic E-state index is 14.8. The quantitative estimate of drug-likeness (QED) is 0.614. The highest BCUT2D eigenvalue weighted by atomic mass is 19.1. The van der Waals surface area contributed by atoms with Gasteiger partial charge < -0.3 is 20.6 Å². The van der Waals surface area contributed by atoms with Gasteiger partial charge in [0.1, 0.15) is 11.9 Å². The average molecular weight is 460 g/mol. The van der Waals surface area contributed by atoms with Crippen molar-refractivity contribution in [3.63, 3.8) is 0 Å². The molecule has 1 unspecified atom stereocenters. The third-order valence-corrected chi connectivity index (χ3v) is 6.22. The van der Waals surface area contributed by atoms with Gasteiger partial charge in [0, 0.05) is 31.8 Å². The number of likely N-dealkylation sites (N-methyl/N-ethyl adjacent to an activating group) is 1. The third-order valence-electron chi connectivity index (χ3n) is 6.22.